The van der Waals surface area contributed by atoms with Crippen molar-refractivity contribution in [2.75, 3.05) is 39.6 Å². The summed E-state index contributed by atoms with van der Waals surface area (Å²) in [6.07, 6.45) is 106. The van der Waals surface area contributed by atoms with Gasteiger partial charge in [-0.1, -0.05) is 297 Å². The largest absolute Gasteiger partial charge is 0.472 e. The Morgan fingerprint density at radius 3 is 0.759 bits per heavy atom. The van der Waals surface area contributed by atoms with E-state index < -0.39 is 97.5 Å². The lowest BCUT2D eigenvalue weighted by molar-refractivity contribution is -0.161. The number of phosphoric ester groups is 2. The monoisotopic (exact) mass is 1590 g/mol. The van der Waals surface area contributed by atoms with Crippen LogP contribution in [0, 0.1) is 0 Å². The Balaban J connectivity index is 5.55. The zero-order valence-electron chi connectivity index (χ0n) is 68.7. The van der Waals surface area contributed by atoms with Crippen molar-refractivity contribution in [2.24, 2.45) is 0 Å². The van der Waals surface area contributed by atoms with Gasteiger partial charge < -0.3 is 33.8 Å². The first kappa shape index (κ1) is 105. The van der Waals surface area contributed by atoms with Crippen molar-refractivity contribution in [3.05, 3.63) is 231 Å². The summed E-state index contributed by atoms with van der Waals surface area (Å²) >= 11 is 0. The second kappa shape index (κ2) is 82.1. The topological polar surface area (TPSA) is 237 Å². The minimum atomic E-state index is -5.03. The molecule has 628 valence electrons. The van der Waals surface area contributed by atoms with Gasteiger partial charge in [0.25, 0.3) is 0 Å². The molecule has 17 nitrogen and oxygen atoms in total. The van der Waals surface area contributed by atoms with E-state index in [1.807, 2.05) is 12.2 Å². The van der Waals surface area contributed by atoms with Crippen LogP contribution in [-0.2, 0) is 65.4 Å². The van der Waals surface area contributed by atoms with Crippen LogP contribution in [-0.4, -0.2) is 96.7 Å². The van der Waals surface area contributed by atoms with Crippen molar-refractivity contribution >= 4 is 39.5 Å². The lowest BCUT2D eigenvalue weighted by Gasteiger charge is -2.21. The summed E-state index contributed by atoms with van der Waals surface area (Å²) in [6.45, 7) is 4.18. The molecule has 0 saturated carbocycles. The van der Waals surface area contributed by atoms with E-state index in [0.29, 0.717) is 25.7 Å². The number of aliphatic hydroxyl groups excluding tert-OH is 1. The fourth-order valence-electron chi connectivity index (χ4n) is 9.99. The highest BCUT2D eigenvalue weighted by Crippen LogP contribution is 2.45. The van der Waals surface area contributed by atoms with Crippen LogP contribution in [0.5, 0.6) is 0 Å². The summed E-state index contributed by atoms with van der Waals surface area (Å²) in [4.78, 5) is 73.2. The molecule has 0 fully saturated rings. The molecule has 0 spiro atoms. The molecule has 0 heterocycles. The number of hydrogen-bond acceptors (Lipinski definition) is 15. The SMILES string of the molecule is CC/C=C\C/C=C\C/C=C\C/C=C\C/C=C\CCCCCC(=O)OCC(COP(=O)(O)OCC(O)COP(=O)(O)OCC(COC(=O)CCCCCCCC/C=C\C/C=C\C/C=C\C/C=C\CC)OC(=O)C/C=C\C/C=C\C/C=C\C/C=C\C/C=C\CC)OC(=O)CCCCC/C=C\C/C=C\C/C=C\C/C=C\C/C=C\CC. The Bertz CT molecular complexity index is 3040. The Labute approximate surface area is 676 Å². The minimum absolute atomic E-state index is 0.0346. The molecule has 0 rings (SSSR count). The van der Waals surface area contributed by atoms with Gasteiger partial charge in [-0.05, 0) is 180 Å². The smallest absolute Gasteiger partial charge is 0.462 e. The zero-order chi connectivity index (χ0) is 81.7. The molecule has 0 aliphatic rings. The molecule has 0 aliphatic heterocycles. The molecule has 0 radical (unpaired) electrons. The summed E-state index contributed by atoms with van der Waals surface area (Å²) in [5.74, 6) is -2.44. The minimum Gasteiger partial charge on any atom is -0.462 e. The average Bonchev–Trinajstić information content (AvgIpc) is 0.898. The van der Waals surface area contributed by atoms with Crippen LogP contribution >= 0.6 is 15.6 Å². The second-order valence-corrected chi connectivity index (χ2v) is 29.5. The van der Waals surface area contributed by atoms with Gasteiger partial charge in [0.15, 0.2) is 12.2 Å². The van der Waals surface area contributed by atoms with E-state index in [1.165, 1.54) is 0 Å². The fraction of sp³-hybridized carbons (Fsp3) is 0.548. The summed E-state index contributed by atoms with van der Waals surface area (Å²) in [5.41, 5.74) is 0. The third-order valence-corrected chi connectivity index (χ3v) is 18.0. The molecule has 0 aromatic carbocycles. The zero-order valence-corrected chi connectivity index (χ0v) is 70.5. The third-order valence-electron chi connectivity index (χ3n) is 16.1. The molecular formula is C93H144O17P2. The predicted molar refractivity (Wildman–Crippen MR) is 463 cm³/mol. The van der Waals surface area contributed by atoms with Gasteiger partial charge in [-0.2, -0.15) is 0 Å². The Kier molecular flexibility index (Phi) is 77.1. The number of aliphatic hydroxyl groups is 1. The van der Waals surface area contributed by atoms with Crippen LogP contribution in [0.15, 0.2) is 231 Å². The van der Waals surface area contributed by atoms with Crippen LogP contribution in [0.2, 0.25) is 0 Å². The highest BCUT2D eigenvalue weighted by atomic mass is 31.2. The van der Waals surface area contributed by atoms with Crippen molar-refractivity contribution in [1.82, 2.24) is 0 Å². The van der Waals surface area contributed by atoms with Crippen molar-refractivity contribution < 1.29 is 80.2 Å². The second-order valence-electron chi connectivity index (χ2n) is 26.6. The number of phosphoric acid groups is 2. The van der Waals surface area contributed by atoms with Gasteiger partial charge in [-0.15, -0.1) is 0 Å². The molecule has 19 heteroatoms. The van der Waals surface area contributed by atoms with Crippen molar-refractivity contribution in [2.45, 2.75) is 290 Å². The van der Waals surface area contributed by atoms with Crippen molar-refractivity contribution in [3.8, 4) is 0 Å². The molecule has 5 atom stereocenters. The molecule has 3 N–H and O–H groups in total. The van der Waals surface area contributed by atoms with Crippen LogP contribution in [0.25, 0.3) is 0 Å². The van der Waals surface area contributed by atoms with Crippen LogP contribution < -0.4 is 0 Å². The third kappa shape index (κ3) is 81.1. The average molecular weight is 1600 g/mol. The van der Waals surface area contributed by atoms with E-state index in [9.17, 15) is 43.2 Å². The number of hydrogen-bond donors (Lipinski definition) is 3. The number of ether oxygens (including phenoxy) is 4. The van der Waals surface area contributed by atoms with E-state index in [2.05, 4.69) is 234 Å². The van der Waals surface area contributed by atoms with Gasteiger partial charge >= 0.3 is 39.5 Å². The maximum atomic E-state index is 13.1. The van der Waals surface area contributed by atoms with Gasteiger partial charge in [0.2, 0.25) is 0 Å². The lowest BCUT2D eigenvalue weighted by Crippen LogP contribution is -2.30. The van der Waals surface area contributed by atoms with Crippen LogP contribution in [0.3, 0.4) is 0 Å². The number of allylic oxidation sites excluding steroid dienone is 37. The maximum Gasteiger partial charge on any atom is 0.472 e. The summed E-state index contributed by atoms with van der Waals surface area (Å²) in [5, 5.41) is 10.7. The van der Waals surface area contributed by atoms with E-state index in [0.717, 1.165) is 193 Å². The van der Waals surface area contributed by atoms with E-state index in [4.69, 9.17) is 37.0 Å². The molecule has 0 saturated heterocycles. The summed E-state index contributed by atoms with van der Waals surface area (Å²) in [6, 6.07) is 0. The first-order valence-electron chi connectivity index (χ1n) is 41.6. The van der Waals surface area contributed by atoms with E-state index in [-0.39, 0.29) is 25.7 Å². The van der Waals surface area contributed by atoms with Crippen LogP contribution in [0.4, 0.5) is 0 Å². The van der Waals surface area contributed by atoms with Crippen molar-refractivity contribution in [3.63, 3.8) is 0 Å². The fourth-order valence-corrected chi connectivity index (χ4v) is 11.6. The van der Waals surface area contributed by atoms with Gasteiger partial charge in [0, 0.05) is 19.3 Å². The number of rotatable bonds is 75. The lowest BCUT2D eigenvalue weighted by atomic mass is 10.1. The predicted octanol–water partition coefficient (Wildman–Crippen LogP) is 25.0. The molecule has 0 aliphatic carbocycles. The van der Waals surface area contributed by atoms with Crippen LogP contribution in [0.1, 0.15) is 272 Å². The number of carbonyl (C=O) groups excluding carboxylic acids is 4. The van der Waals surface area contributed by atoms with E-state index >= 15 is 0 Å². The van der Waals surface area contributed by atoms with Gasteiger partial charge in [0.1, 0.15) is 19.3 Å². The van der Waals surface area contributed by atoms with Crippen molar-refractivity contribution in [1.29, 1.82) is 0 Å². The molecule has 5 unspecified atom stereocenters. The molecule has 0 bridgehead atoms. The summed E-state index contributed by atoms with van der Waals surface area (Å²) < 4.78 is 68.6. The molecule has 0 amide bonds. The first-order valence-corrected chi connectivity index (χ1v) is 44.6. The standard InChI is InChI=1S/C93H144O17P2/c1-5-9-13-17-21-25-29-33-37-40-43-46-50-53-57-61-65-69-73-77-90(95)103-83-88(109-92(97)79-75-71-67-63-59-55-49-36-32-28-24-20-16-12-8-4)85-107-111(99,100)105-81-87(94)82-106-112(101,102)108-86-89(110-93(98)80-76-72-68-64-60-56-52-48-45-42-39-35-31-27-23-19-15-11-7-3)84-104-91(96)78-74-70-66-62-58-54-51-47-44-41-38-34-30-26-22-18-14-10-6-2/h9-16,21-28,33-39,43-49,54,56,58-60,63,71,75,87-89,94H,5-8,17-20,29-32,40-42,50-53,55,57,61-62,64-70,72-74,76-86H2,1-4H3,(H,99,100)(H,101,102)/b13-9-,14-10-,15-11-,16-12-,25-21-,26-22-,27-23-,28-24-,37-33-,38-34-,39-35-,46-43-,47-44-,48-45-,49-36-,58-54-,60-56-,63-59-,75-71-. The first-order chi connectivity index (χ1) is 54.7. The summed E-state index contributed by atoms with van der Waals surface area (Å²) in [7, 11) is -10.0. The quantitative estimate of drug-likeness (QED) is 0.0169. The highest BCUT2D eigenvalue weighted by molar-refractivity contribution is 7.47. The van der Waals surface area contributed by atoms with Gasteiger partial charge in [0.05, 0.1) is 32.8 Å². The highest BCUT2D eigenvalue weighted by Gasteiger charge is 2.30. The normalized spacial score (nSPS) is 15.0. The van der Waals surface area contributed by atoms with Gasteiger partial charge in [-0.25, -0.2) is 9.13 Å². The van der Waals surface area contributed by atoms with E-state index in [1.54, 1.807) is 12.2 Å². The maximum absolute atomic E-state index is 13.1. The molecular weight excluding hydrogens is 1450 g/mol. The Morgan fingerprint density at radius 1 is 0.259 bits per heavy atom. The Hall–Kier alpha value is -6.88. The Morgan fingerprint density at radius 2 is 0.473 bits per heavy atom. The number of carbonyl (C=O) groups is 4. The van der Waals surface area contributed by atoms with Gasteiger partial charge in [-0.3, -0.25) is 37.3 Å². The molecule has 0 aromatic rings. The number of esters is 4. The number of unbranched alkanes of at least 4 members (excludes halogenated alkanes) is 12. The molecule has 0 aromatic heterocycles. The molecule has 112 heavy (non-hydrogen) atoms.